The van der Waals surface area contributed by atoms with E-state index in [-0.39, 0.29) is 11.9 Å². The Morgan fingerprint density at radius 1 is 1.17 bits per heavy atom. The van der Waals surface area contributed by atoms with Crippen LogP contribution in [0.2, 0.25) is 0 Å². The second-order valence-electron chi connectivity index (χ2n) is 6.71. The van der Waals surface area contributed by atoms with Crippen LogP contribution in [0.5, 0.6) is 0 Å². The number of hydrogen-bond donors (Lipinski definition) is 1. The molecule has 1 aliphatic rings. The molecule has 2 atom stereocenters. The van der Waals surface area contributed by atoms with Gasteiger partial charge in [-0.15, -0.1) is 0 Å². The molecule has 130 valence electrons. The van der Waals surface area contributed by atoms with E-state index in [1.54, 1.807) is 6.07 Å². The number of benzene rings is 1. The molecule has 5 heteroatoms. The number of aromatic nitrogens is 1. The summed E-state index contributed by atoms with van der Waals surface area (Å²) in [7, 11) is -3.33. The van der Waals surface area contributed by atoms with Gasteiger partial charge in [-0.1, -0.05) is 44.9 Å². The molecule has 2 aromatic rings. The topological polar surface area (TPSA) is 51.1 Å². The number of hydrogen-bond acceptors (Lipinski definition) is 3. The Balaban J connectivity index is 2.15. The molecule has 4 nitrogen and oxygen atoms in total. The van der Waals surface area contributed by atoms with Gasteiger partial charge in [0.05, 0.1) is 10.6 Å². The van der Waals surface area contributed by atoms with Gasteiger partial charge in [0.1, 0.15) is 6.17 Å². The number of rotatable bonds is 5. The molecule has 3 rings (SSSR count). The molecule has 0 aliphatic carbocycles. The number of sulfone groups is 1. The maximum atomic E-state index is 13.1. The van der Waals surface area contributed by atoms with Crippen molar-refractivity contribution >= 4 is 9.84 Å². The van der Waals surface area contributed by atoms with Crippen LogP contribution in [0.15, 0.2) is 53.7 Å². The van der Waals surface area contributed by atoms with E-state index in [9.17, 15) is 8.42 Å². The molecule has 1 N–H and O–H groups in total. The van der Waals surface area contributed by atoms with Crippen molar-refractivity contribution in [2.45, 2.75) is 56.1 Å². The first-order chi connectivity index (χ1) is 11.5. The maximum Gasteiger partial charge on any atom is 0.180 e. The molecule has 0 fully saturated rings. The predicted octanol–water partition coefficient (Wildman–Crippen LogP) is 3.75. The van der Waals surface area contributed by atoms with E-state index in [1.165, 1.54) is 0 Å². The third kappa shape index (κ3) is 3.15. The van der Waals surface area contributed by atoms with Crippen molar-refractivity contribution in [3.63, 3.8) is 0 Å². The highest BCUT2D eigenvalue weighted by atomic mass is 32.2. The normalized spacial score (nSPS) is 25.8. The molecule has 2 heterocycles. The van der Waals surface area contributed by atoms with Crippen molar-refractivity contribution in [3.8, 4) is 0 Å². The van der Waals surface area contributed by atoms with Gasteiger partial charge in [0.25, 0.3) is 0 Å². The van der Waals surface area contributed by atoms with E-state index in [0.29, 0.717) is 4.90 Å². The average Bonchev–Trinajstić information content (AvgIpc) is 3.08. The number of unbranched alkanes of at least 4 members (excludes halogenated alkanes) is 1. The summed E-state index contributed by atoms with van der Waals surface area (Å²) in [6, 6.07) is 11.4. The van der Waals surface area contributed by atoms with Gasteiger partial charge in [-0.25, -0.2) is 8.42 Å². The Labute approximate surface area is 144 Å². The van der Waals surface area contributed by atoms with E-state index in [2.05, 4.69) is 23.7 Å². The zero-order chi connectivity index (χ0) is 17.2. The molecule has 0 saturated carbocycles. The van der Waals surface area contributed by atoms with E-state index >= 15 is 0 Å². The van der Waals surface area contributed by atoms with Gasteiger partial charge in [-0.3, -0.25) is 5.32 Å². The van der Waals surface area contributed by atoms with E-state index < -0.39 is 15.4 Å². The van der Waals surface area contributed by atoms with Crippen LogP contribution < -0.4 is 5.32 Å². The largest absolute Gasteiger partial charge is 0.334 e. The standard InChI is InChI=1S/C19H26N2O2S/c1-3-5-12-19(4-2)15-24(22,23)17-11-7-6-10-16(17)18(20-19)21-13-8-9-14-21/h6-11,13-14,18,20H,3-5,12,15H2,1-2H3/t18-,19+/m0/s1. The van der Waals surface area contributed by atoms with E-state index in [1.807, 2.05) is 42.7 Å². The van der Waals surface area contributed by atoms with Crippen molar-refractivity contribution < 1.29 is 8.42 Å². The molecular weight excluding hydrogens is 320 g/mol. The third-order valence-electron chi connectivity index (χ3n) is 5.07. The van der Waals surface area contributed by atoms with Crippen molar-refractivity contribution in [1.29, 1.82) is 0 Å². The third-order valence-corrected chi connectivity index (χ3v) is 7.04. The summed E-state index contributed by atoms with van der Waals surface area (Å²) in [5, 5.41) is 3.71. The second kappa shape index (κ2) is 6.73. The highest BCUT2D eigenvalue weighted by Gasteiger charge is 2.41. The molecule has 0 radical (unpaired) electrons. The second-order valence-corrected chi connectivity index (χ2v) is 8.67. The van der Waals surface area contributed by atoms with Crippen molar-refractivity contribution in [2.75, 3.05) is 5.75 Å². The Morgan fingerprint density at radius 2 is 1.88 bits per heavy atom. The fourth-order valence-corrected chi connectivity index (χ4v) is 5.78. The van der Waals surface area contributed by atoms with Crippen LogP contribution in [-0.2, 0) is 9.84 Å². The Hall–Kier alpha value is -1.59. The van der Waals surface area contributed by atoms with Crippen LogP contribution in [0.3, 0.4) is 0 Å². The van der Waals surface area contributed by atoms with Crippen LogP contribution in [0.1, 0.15) is 51.3 Å². The van der Waals surface area contributed by atoms with Gasteiger partial charge in [0.2, 0.25) is 0 Å². The molecule has 0 amide bonds. The van der Waals surface area contributed by atoms with Crippen molar-refractivity contribution in [1.82, 2.24) is 9.88 Å². The summed E-state index contributed by atoms with van der Waals surface area (Å²) in [6.07, 6.45) is 7.56. The van der Waals surface area contributed by atoms with Crippen LogP contribution in [0.4, 0.5) is 0 Å². The van der Waals surface area contributed by atoms with Crippen LogP contribution in [0.25, 0.3) is 0 Å². The minimum Gasteiger partial charge on any atom is -0.334 e. The summed E-state index contributed by atoms with van der Waals surface area (Å²) in [4.78, 5) is 0.461. The molecule has 0 spiro atoms. The fourth-order valence-electron chi connectivity index (χ4n) is 3.64. The summed E-state index contributed by atoms with van der Waals surface area (Å²) < 4.78 is 28.3. The lowest BCUT2D eigenvalue weighted by Gasteiger charge is -2.36. The van der Waals surface area contributed by atoms with Crippen molar-refractivity contribution in [2.24, 2.45) is 0 Å². The fraction of sp³-hybridized carbons (Fsp3) is 0.474. The quantitative estimate of drug-likeness (QED) is 0.897. The van der Waals surface area contributed by atoms with Gasteiger partial charge in [0, 0.05) is 23.5 Å². The Kier molecular flexibility index (Phi) is 4.83. The zero-order valence-electron chi connectivity index (χ0n) is 14.4. The average molecular weight is 346 g/mol. The highest BCUT2D eigenvalue weighted by molar-refractivity contribution is 7.91. The summed E-state index contributed by atoms with van der Waals surface area (Å²) in [5.41, 5.74) is 0.434. The first kappa shape index (κ1) is 17.2. The zero-order valence-corrected chi connectivity index (χ0v) is 15.2. The molecule has 0 saturated heterocycles. The lowest BCUT2D eigenvalue weighted by molar-refractivity contribution is 0.262. The monoisotopic (exact) mass is 346 g/mol. The molecule has 1 aromatic heterocycles. The lowest BCUT2D eigenvalue weighted by Crippen LogP contribution is -2.51. The smallest absolute Gasteiger partial charge is 0.180 e. The van der Waals surface area contributed by atoms with Gasteiger partial charge in [0.15, 0.2) is 9.84 Å². The van der Waals surface area contributed by atoms with Gasteiger partial charge in [-0.05, 0) is 31.0 Å². The first-order valence-corrected chi connectivity index (χ1v) is 10.4. The SMILES string of the molecule is CCCC[C@]1(CC)CS(=O)(=O)c2ccccc2[C@H](n2cccc2)N1. The predicted molar refractivity (Wildman–Crippen MR) is 96.7 cm³/mol. The summed E-state index contributed by atoms with van der Waals surface area (Å²) in [6.45, 7) is 4.23. The number of fused-ring (bicyclic) bond motifs is 1. The maximum absolute atomic E-state index is 13.1. The summed E-state index contributed by atoms with van der Waals surface area (Å²) >= 11 is 0. The number of nitrogens with one attached hydrogen (secondary N) is 1. The highest BCUT2D eigenvalue weighted by Crippen LogP contribution is 2.35. The molecule has 0 bridgehead atoms. The van der Waals surface area contributed by atoms with E-state index in [4.69, 9.17) is 0 Å². The van der Waals surface area contributed by atoms with Gasteiger partial charge >= 0.3 is 0 Å². The van der Waals surface area contributed by atoms with Gasteiger partial charge in [-0.2, -0.15) is 0 Å². The van der Waals surface area contributed by atoms with Crippen LogP contribution >= 0.6 is 0 Å². The first-order valence-electron chi connectivity index (χ1n) is 8.73. The van der Waals surface area contributed by atoms with Gasteiger partial charge < -0.3 is 4.57 Å². The minimum absolute atomic E-state index is 0.158. The summed E-state index contributed by atoms with van der Waals surface area (Å²) in [5.74, 6) is 0.158. The molecule has 1 aliphatic heterocycles. The Bertz CT molecular complexity index is 783. The molecule has 0 unspecified atom stereocenters. The molecular formula is C19H26N2O2S. The Morgan fingerprint density at radius 3 is 2.54 bits per heavy atom. The molecule has 24 heavy (non-hydrogen) atoms. The van der Waals surface area contributed by atoms with E-state index in [0.717, 1.165) is 31.2 Å². The van der Waals surface area contributed by atoms with Crippen LogP contribution in [0, 0.1) is 0 Å². The van der Waals surface area contributed by atoms with Crippen molar-refractivity contribution in [3.05, 3.63) is 54.4 Å². The lowest BCUT2D eigenvalue weighted by atomic mass is 9.91. The van der Waals surface area contributed by atoms with Crippen LogP contribution in [-0.4, -0.2) is 24.3 Å². The number of nitrogens with zero attached hydrogens (tertiary/aromatic N) is 1. The minimum atomic E-state index is -3.33. The molecule has 1 aromatic carbocycles.